The first-order valence-corrected chi connectivity index (χ1v) is 8.10. The van der Waals surface area contributed by atoms with Gasteiger partial charge in [-0.2, -0.15) is 5.21 Å². The van der Waals surface area contributed by atoms with E-state index in [1.807, 2.05) is 54.6 Å². The number of hydrogen-bond acceptors (Lipinski definition) is 5. The van der Waals surface area contributed by atoms with Gasteiger partial charge < -0.3 is 4.74 Å². The summed E-state index contributed by atoms with van der Waals surface area (Å²) in [6, 6.07) is 18.0. The Kier molecular flexibility index (Phi) is 4.12. The van der Waals surface area contributed by atoms with Gasteiger partial charge in [0, 0.05) is 5.92 Å². The molecule has 2 N–H and O–H groups in total. The van der Waals surface area contributed by atoms with Crippen LogP contribution in [0.5, 0.6) is 5.75 Å². The zero-order chi connectivity index (χ0) is 17.1. The molecular weight excluding hydrogens is 318 g/mol. The Balaban J connectivity index is 1.31. The minimum Gasteiger partial charge on any atom is -0.489 e. The number of ether oxygens (including phenoxy) is 1. The molecule has 1 fully saturated rings. The molecule has 126 valence electrons. The van der Waals surface area contributed by atoms with E-state index in [2.05, 4.69) is 25.9 Å². The second-order valence-corrected chi connectivity index (χ2v) is 6.02. The average Bonchev–Trinajstić information content (AvgIpc) is 3.30. The standard InChI is InChI=1S/C18H17N5O2/c24-17(19-18-20-22-23-21-18)16-10-15(16)13-6-8-14(9-7-13)25-11-12-4-2-1-3-5-12/h1-9,15-16H,10-11H2,(H2,19,20,21,22,23,24)/t15-,16-/m1/s1. The lowest BCUT2D eigenvalue weighted by Crippen LogP contribution is -2.15. The van der Waals surface area contributed by atoms with E-state index in [0.717, 1.165) is 23.3 Å². The van der Waals surface area contributed by atoms with Crippen molar-refractivity contribution in [1.82, 2.24) is 20.6 Å². The molecule has 1 aliphatic carbocycles. The van der Waals surface area contributed by atoms with E-state index in [9.17, 15) is 4.79 Å². The van der Waals surface area contributed by atoms with Crippen LogP contribution in [0.4, 0.5) is 5.95 Å². The molecule has 7 nitrogen and oxygen atoms in total. The summed E-state index contributed by atoms with van der Waals surface area (Å²) in [5, 5.41) is 15.8. The van der Waals surface area contributed by atoms with Crippen LogP contribution in [0.2, 0.25) is 0 Å². The number of nitrogens with zero attached hydrogens (tertiary/aromatic N) is 3. The molecule has 0 unspecified atom stereocenters. The number of aromatic nitrogens is 4. The summed E-state index contributed by atoms with van der Waals surface area (Å²) in [4.78, 5) is 12.1. The first-order chi connectivity index (χ1) is 12.3. The third kappa shape index (κ3) is 3.65. The summed E-state index contributed by atoms with van der Waals surface area (Å²) in [6.45, 7) is 0.541. The molecule has 0 saturated heterocycles. The van der Waals surface area contributed by atoms with Crippen molar-refractivity contribution in [2.24, 2.45) is 5.92 Å². The van der Waals surface area contributed by atoms with Crippen molar-refractivity contribution in [2.75, 3.05) is 5.32 Å². The summed E-state index contributed by atoms with van der Waals surface area (Å²) in [5.41, 5.74) is 2.27. The number of tetrazole rings is 1. The Bertz CT molecular complexity index is 834. The summed E-state index contributed by atoms with van der Waals surface area (Å²) in [5.74, 6) is 1.14. The Morgan fingerprint density at radius 2 is 1.96 bits per heavy atom. The molecule has 0 aliphatic heterocycles. The quantitative estimate of drug-likeness (QED) is 0.722. The summed E-state index contributed by atoms with van der Waals surface area (Å²) >= 11 is 0. The Labute approximate surface area is 144 Å². The minimum absolute atomic E-state index is 0.0467. The second kappa shape index (κ2) is 6.72. The van der Waals surface area contributed by atoms with Gasteiger partial charge in [-0.05, 0) is 40.8 Å². The number of H-pyrrole nitrogens is 1. The number of benzene rings is 2. The Hall–Kier alpha value is -3.22. The third-order valence-electron chi connectivity index (χ3n) is 4.26. The van der Waals surface area contributed by atoms with Crippen molar-refractivity contribution >= 4 is 11.9 Å². The molecule has 3 aromatic rings. The molecule has 7 heteroatoms. The van der Waals surface area contributed by atoms with Crippen LogP contribution in [0.1, 0.15) is 23.5 Å². The van der Waals surface area contributed by atoms with Crippen LogP contribution < -0.4 is 10.1 Å². The van der Waals surface area contributed by atoms with Gasteiger partial charge in [0.2, 0.25) is 5.91 Å². The van der Waals surface area contributed by atoms with Crippen LogP contribution in [-0.2, 0) is 11.4 Å². The Morgan fingerprint density at radius 1 is 1.16 bits per heavy atom. The molecule has 0 radical (unpaired) electrons. The van der Waals surface area contributed by atoms with Crippen molar-refractivity contribution in [3.8, 4) is 5.75 Å². The fourth-order valence-corrected chi connectivity index (χ4v) is 2.82. The fraction of sp³-hybridized carbons (Fsp3) is 0.222. The normalized spacial score (nSPS) is 18.6. The highest BCUT2D eigenvalue weighted by molar-refractivity contribution is 5.93. The number of carbonyl (C=O) groups excluding carboxylic acids is 1. The van der Waals surface area contributed by atoms with Crippen LogP contribution in [0.25, 0.3) is 0 Å². The maximum atomic E-state index is 12.1. The molecular formula is C18H17N5O2. The molecule has 2 atom stereocenters. The van der Waals surface area contributed by atoms with E-state index in [0.29, 0.717) is 6.61 Å². The molecule has 4 rings (SSSR count). The van der Waals surface area contributed by atoms with Crippen LogP contribution >= 0.6 is 0 Å². The maximum Gasteiger partial charge on any atom is 0.269 e. The topological polar surface area (TPSA) is 92.8 Å². The van der Waals surface area contributed by atoms with Crippen LogP contribution in [0.3, 0.4) is 0 Å². The second-order valence-electron chi connectivity index (χ2n) is 6.02. The van der Waals surface area contributed by atoms with E-state index in [-0.39, 0.29) is 23.7 Å². The van der Waals surface area contributed by atoms with Gasteiger partial charge >= 0.3 is 0 Å². The van der Waals surface area contributed by atoms with Crippen molar-refractivity contribution in [3.63, 3.8) is 0 Å². The lowest BCUT2D eigenvalue weighted by atomic mass is 10.1. The van der Waals surface area contributed by atoms with E-state index >= 15 is 0 Å². The van der Waals surface area contributed by atoms with Gasteiger partial charge in [0.05, 0.1) is 0 Å². The van der Waals surface area contributed by atoms with Gasteiger partial charge in [-0.25, -0.2) is 0 Å². The largest absolute Gasteiger partial charge is 0.489 e. The number of amides is 1. The van der Waals surface area contributed by atoms with Gasteiger partial charge in [0.15, 0.2) is 0 Å². The molecule has 0 bridgehead atoms. The number of anilines is 1. The predicted octanol–water partition coefficient (Wildman–Crippen LogP) is 2.52. The van der Waals surface area contributed by atoms with E-state index in [4.69, 9.17) is 4.74 Å². The van der Waals surface area contributed by atoms with Crippen molar-refractivity contribution in [1.29, 1.82) is 0 Å². The molecule has 1 aliphatic rings. The monoisotopic (exact) mass is 335 g/mol. The van der Waals surface area contributed by atoms with Crippen molar-refractivity contribution in [3.05, 3.63) is 65.7 Å². The molecule has 1 saturated carbocycles. The lowest BCUT2D eigenvalue weighted by Gasteiger charge is -2.07. The first-order valence-electron chi connectivity index (χ1n) is 8.10. The number of aromatic amines is 1. The SMILES string of the molecule is O=C(Nc1nn[nH]n1)[C@@H]1C[C@@H]1c1ccc(OCc2ccccc2)cc1. The van der Waals surface area contributed by atoms with Gasteiger partial charge in [-0.1, -0.05) is 47.6 Å². The predicted molar refractivity (Wildman–Crippen MR) is 90.9 cm³/mol. The summed E-state index contributed by atoms with van der Waals surface area (Å²) < 4.78 is 5.79. The lowest BCUT2D eigenvalue weighted by molar-refractivity contribution is -0.117. The van der Waals surface area contributed by atoms with Gasteiger partial charge in [0.1, 0.15) is 12.4 Å². The van der Waals surface area contributed by atoms with Crippen molar-refractivity contribution < 1.29 is 9.53 Å². The first kappa shape index (κ1) is 15.3. The van der Waals surface area contributed by atoms with Gasteiger partial charge in [-0.3, -0.25) is 10.1 Å². The highest BCUT2D eigenvalue weighted by Gasteiger charge is 2.44. The number of rotatable bonds is 6. The Morgan fingerprint density at radius 3 is 2.68 bits per heavy atom. The van der Waals surface area contributed by atoms with Crippen molar-refractivity contribution in [2.45, 2.75) is 18.9 Å². The fourth-order valence-electron chi connectivity index (χ4n) is 2.82. The van der Waals surface area contributed by atoms with Crippen LogP contribution in [-0.4, -0.2) is 26.5 Å². The zero-order valence-electron chi connectivity index (χ0n) is 13.4. The molecule has 1 amide bonds. The van der Waals surface area contributed by atoms with E-state index in [1.54, 1.807) is 0 Å². The summed E-state index contributed by atoms with van der Waals surface area (Å²) in [7, 11) is 0. The average molecular weight is 335 g/mol. The van der Waals surface area contributed by atoms with E-state index in [1.165, 1.54) is 0 Å². The zero-order valence-corrected chi connectivity index (χ0v) is 13.4. The van der Waals surface area contributed by atoms with Gasteiger partial charge in [-0.15, -0.1) is 5.10 Å². The number of nitrogens with one attached hydrogen (secondary N) is 2. The molecule has 25 heavy (non-hydrogen) atoms. The third-order valence-corrected chi connectivity index (χ3v) is 4.26. The number of hydrogen-bond donors (Lipinski definition) is 2. The smallest absolute Gasteiger partial charge is 0.269 e. The number of carbonyl (C=O) groups is 1. The molecule has 0 spiro atoms. The molecule has 2 aromatic carbocycles. The van der Waals surface area contributed by atoms with Crippen LogP contribution in [0.15, 0.2) is 54.6 Å². The maximum absolute atomic E-state index is 12.1. The van der Waals surface area contributed by atoms with Crippen LogP contribution in [0, 0.1) is 5.92 Å². The molecule has 1 heterocycles. The van der Waals surface area contributed by atoms with E-state index < -0.39 is 0 Å². The summed E-state index contributed by atoms with van der Waals surface area (Å²) in [6.07, 6.45) is 0.827. The highest BCUT2D eigenvalue weighted by Crippen LogP contribution is 2.48. The van der Waals surface area contributed by atoms with Gasteiger partial charge in [0.25, 0.3) is 5.95 Å². The molecule has 1 aromatic heterocycles. The minimum atomic E-state index is -0.0733. The highest BCUT2D eigenvalue weighted by atomic mass is 16.5.